The third-order valence-corrected chi connectivity index (χ3v) is 2.46. The first-order chi connectivity index (χ1) is 8.17. The summed E-state index contributed by atoms with van der Waals surface area (Å²) < 4.78 is 5.47. The van der Waals surface area contributed by atoms with Gasteiger partial charge in [-0.1, -0.05) is 13.8 Å². The zero-order chi connectivity index (χ0) is 12.7. The maximum absolute atomic E-state index is 5.61. The lowest BCUT2D eigenvalue weighted by molar-refractivity contribution is 0.304. The molecule has 1 heterocycles. The van der Waals surface area contributed by atoms with E-state index in [0.29, 0.717) is 24.9 Å². The number of hydrogen-bond donors (Lipinski definition) is 1. The number of rotatable bonds is 7. The van der Waals surface area contributed by atoms with Crippen LogP contribution in [0.5, 0.6) is 5.88 Å². The largest absolute Gasteiger partial charge is 0.478 e. The van der Waals surface area contributed by atoms with E-state index in [9.17, 15) is 0 Å². The summed E-state index contributed by atoms with van der Waals surface area (Å²) in [4.78, 5) is 10.4. The smallest absolute Gasteiger partial charge is 0.218 e. The van der Waals surface area contributed by atoms with Crippen LogP contribution in [-0.4, -0.2) is 36.7 Å². The highest BCUT2D eigenvalue weighted by molar-refractivity contribution is 5.39. The Labute approximate surface area is 103 Å². The van der Waals surface area contributed by atoms with Crippen LogP contribution < -0.4 is 15.4 Å². The van der Waals surface area contributed by atoms with Crippen molar-refractivity contribution in [1.29, 1.82) is 0 Å². The van der Waals surface area contributed by atoms with Gasteiger partial charge in [0, 0.05) is 19.7 Å². The van der Waals surface area contributed by atoms with Crippen LogP contribution in [-0.2, 0) is 0 Å². The van der Waals surface area contributed by atoms with E-state index in [1.807, 2.05) is 13.1 Å². The van der Waals surface area contributed by atoms with E-state index in [1.165, 1.54) is 6.33 Å². The molecule has 5 nitrogen and oxygen atoms in total. The quantitative estimate of drug-likeness (QED) is 0.775. The molecule has 96 valence electrons. The first-order valence-electron chi connectivity index (χ1n) is 6.03. The molecule has 1 rings (SSSR count). The second-order valence-corrected chi connectivity index (χ2v) is 4.28. The van der Waals surface area contributed by atoms with Gasteiger partial charge < -0.3 is 15.4 Å². The minimum Gasteiger partial charge on any atom is -0.478 e. The van der Waals surface area contributed by atoms with Crippen LogP contribution in [0.4, 0.5) is 5.82 Å². The van der Waals surface area contributed by atoms with E-state index < -0.39 is 0 Å². The number of nitrogens with two attached hydrogens (primary N) is 1. The minimum atomic E-state index is 0.440. The molecule has 0 aliphatic heterocycles. The van der Waals surface area contributed by atoms with Gasteiger partial charge in [-0.25, -0.2) is 9.97 Å². The second-order valence-electron chi connectivity index (χ2n) is 4.28. The van der Waals surface area contributed by atoms with Gasteiger partial charge in [0.1, 0.15) is 12.1 Å². The maximum Gasteiger partial charge on any atom is 0.218 e. The highest BCUT2D eigenvalue weighted by Gasteiger charge is 2.08. The van der Waals surface area contributed by atoms with Crippen molar-refractivity contribution in [2.45, 2.75) is 20.3 Å². The van der Waals surface area contributed by atoms with Crippen molar-refractivity contribution in [2.24, 2.45) is 11.7 Å². The Balaban J connectivity index is 2.63. The molecular formula is C12H22N4O. The summed E-state index contributed by atoms with van der Waals surface area (Å²) in [6, 6.07) is 1.86. The molecule has 0 aliphatic rings. The van der Waals surface area contributed by atoms with Gasteiger partial charge in [-0.05, 0) is 18.9 Å². The van der Waals surface area contributed by atoms with Crippen LogP contribution in [0.1, 0.15) is 20.3 Å². The van der Waals surface area contributed by atoms with Crippen molar-refractivity contribution >= 4 is 5.82 Å². The van der Waals surface area contributed by atoms with Gasteiger partial charge in [-0.15, -0.1) is 0 Å². The van der Waals surface area contributed by atoms with Gasteiger partial charge in [0.05, 0.1) is 6.61 Å². The molecule has 0 fully saturated rings. The van der Waals surface area contributed by atoms with Crippen LogP contribution in [0.3, 0.4) is 0 Å². The fourth-order valence-electron chi connectivity index (χ4n) is 1.46. The predicted octanol–water partition coefficient (Wildman–Crippen LogP) is 1.30. The van der Waals surface area contributed by atoms with Gasteiger partial charge in [-0.2, -0.15) is 0 Å². The van der Waals surface area contributed by atoms with Crippen LogP contribution in [0.25, 0.3) is 0 Å². The van der Waals surface area contributed by atoms with Crippen molar-refractivity contribution in [3.63, 3.8) is 0 Å². The summed E-state index contributed by atoms with van der Waals surface area (Å²) >= 11 is 0. The molecular weight excluding hydrogens is 216 g/mol. The third-order valence-electron chi connectivity index (χ3n) is 2.46. The highest BCUT2D eigenvalue weighted by Crippen LogP contribution is 2.15. The van der Waals surface area contributed by atoms with Gasteiger partial charge in [0.15, 0.2) is 0 Å². The molecule has 2 N–H and O–H groups in total. The summed E-state index contributed by atoms with van der Waals surface area (Å²) in [6.07, 6.45) is 2.50. The lowest BCUT2D eigenvalue weighted by Crippen LogP contribution is -2.28. The van der Waals surface area contributed by atoms with E-state index in [1.54, 1.807) is 0 Å². The summed E-state index contributed by atoms with van der Waals surface area (Å²) in [6.45, 7) is 6.41. The van der Waals surface area contributed by atoms with Crippen molar-refractivity contribution in [1.82, 2.24) is 9.97 Å². The fourth-order valence-corrected chi connectivity index (χ4v) is 1.46. The van der Waals surface area contributed by atoms with Crippen molar-refractivity contribution in [3.05, 3.63) is 12.4 Å². The Morgan fingerprint density at radius 3 is 2.88 bits per heavy atom. The molecule has 0 bridgehead atoms. The molecule has 1 atom stereocenters. The monoisotopic (exact) mass is 238 g/mol. The van der Waals surface area contributed by atoms with Crippen LogP contribution in [0.15, 0.2) is 12.4 Å². The van der Waals surface area contributed by atoms with Crippen molar-refractivity contribution in [3.8, 4) is 5.88 Å². The van der Waals surface area contributed by atoms with E-state index in [2.05, 4.69) is 28.7 Å². The summed E-state index contributed by atoms with van der Waals surface area (Å²) in [5.41, 5.74) is 5.61. The Morgan fingerprint density at radius 2 is 2.24 bits per heavy atom. The molecule has 0 radical (unpaired) electrons. The Hall–Kier alpha value is -1.36. The van der Waals surface area contributed by atoms with Crippen molar-refractivity contribution in [2.75, 3.05) is 31.6 Å². The topological polar surface area (TPSA) is 64.3 Å². The molecule has 0 aromatic carbocycles. The molecule has 0 saturated heterocycles. The van der Waals surface area contributed by atoms with Gasteiger partial charge >= 0.3 is 0 Å². The first kappa shape index (κ1) is 13.7. The van der Waals surface area contributed by atoms with E-state index in [-0.39, 0.29) is 0 Å². The number of aromatic nitrogens is 2. The van der Waals surface area contributed by atoms with Crippen LogP contribution >= 0.6 is 0 Å². The fraction of sp³-hybridized carbons (Fsp3) is 0.667. The normalized spacial score (nSPS) is 12.2. The number of anilines is 1. The van der Waals surface area contributed by atoms with Gasteiger partial charge in [0.25, 0.3) is 0 Å². The predicted molar refractivity (Wildman–Crippen MR) is 69.3 cm³/mol. The second kappa shape index (κ2) is 7.06. The zero-order valence-electron chi connectivity index (χ0n) is 10.9. The number of hydrogen-bond acceptors (Lipinski definition) is 5. The lowest BCUT2D eigenvalue weighted by Gasteiger charge is -2.21. The molecule has 1 unspecified atom stereocenters. The molecule has 1 aromatic rings. The standard InChI is InChI=1S/C12H22N4O/c1-4-5-17-12-6-11(14-9-15-12)16(3)8-10(2)7-13/h6,9-10H,4-5,7-8,13H2,1-3H3. The molecule has 5 heteroatoms. The Kier molecular flexibility index (Phi) is 5.69. The SMILES string of the molecule is CCCOc1cc(N(C)CC(C)CN)ncn1. The summed E-state index contributed by atoms with van der Waals surface area (Å²) in [5, 5.41) is 0. The first-order valence-corrected chi connectivity index (χ1v) is 6.03. The van der Waals surface area contributed by atoms with E-state index in [4.69, 9.17) is 10.5 Å². The average molecular weight is 238 g/mol. The number of nitrogens with zero attached hydrogens (tertiary/aromatic N) is 3. The van der Waals surface area contributed by atoms with Crippen molar-refractivity contribution < 1.29 is 4.74 Å². The summed E-state index contributed by atoms with van der Waals surface area (Å²) in [7, 11) is 2.00. The summed E-state index contributed by atoms with van der Waals surface area (Å²) in [5.74, 6) is 1.94. The molecule has 17 heavy (non-hydrogen) atoms. The minimum absolute atomic E-state index is 0.440. The Bertz CT molecular complexity index is 332. The average Bonchev–Trinajstić information content (AvgIpc) is 2.36. The zero-order valence-corrected chi connectivity index (χ0v) is 10.9. The van der Waals surface area contributed by atoms with Gasteiger partial charge in [-0.3, -0.25) is 0 Å². The Morgan fingerprint density at radius 1 is 1.47 bits per heavy atom. The van der Waals surface area contributed by atoms with Crippen LogP contribution in [0.2, 0.25) is 0 Å². The maximum atomic E-state index is 5.61. The lowest BCUT2D eigenvalue weighted by atomic mass is 10.2. The molecule has 0 amide bonds. The third kappa shape index (κ3) is 4.56. The van der Waals surface area contributed by atoms with E-state index in [0.717, 1.165) is 18.8 Å². The van der Waals surface area contributed by atoms with Crippen LogP contribution in [0, 0.1) is 5.92 Å². The highest BCUT2D eigenvalue weighted by atomic mass is 16.5. The molecule has 0 aliphatic carbocycles. The number of ether oxygens (including phenoxy) is 1. The molecule has 1 aromatic heterocycles. The van der Waals surface area contributed by atoms with E-state index >= 15 is 0 Å². The molecule has 0 saturated carbocycles. The van der Waals surface area contributed by atoms with Gasteiger partial charge in [0.2, 0.25) is 5.88 Å². The molecule has 0 spiro atoms.